The largest absolute Gasteiger partial charge is 0.418 e. The van der Waals surface area contributed by atoms with Gasteiger partial charge in [0.05, 0.1) is 19.8 Å². The first-order valence-electron chi connectivity index (χ1n) is 8.79. The van der Waals surface area contributed by atoms with E-state index in [0.29, 0.717) is 32.7 Å². The molecule has 0 aliphatic carbocycles. The number of nitrogens with zero attached hydrogens (tertiary/aromatic N) is 2. The van der Waals surface area contributed by atoms with E-state index in [1.165, 1.54) is 0 Å². The number of urea groups is 1. The summed E-state index contributed by atoms with van der Waals surface area (Å²) in [5, 5.41) is 0. The molecule has 0 aromatic rings. The van der Waals surface area contributed by atoms with Gasteiger partial charge < -0.3 is 9.64 Å². The summed E-state index contributed by atoms with van der Waals surface area (Å²) in [6, 6.07) is -2.03. The molecule has 13 nitrogen and oxygen atoms in total. The lowest BCUT2D eigenvalue weighted by Crippen LogP contribution is -2.57. The first-order chi connectivity index (χ1) is 13.2. The van der Waals surface area contributed by atoms with Gasteiger partial charge in [-0.3, -0.25) is 29.9 Å². The highest BCUT2D eigenvalue weighted by atomic mass is 32.3. The molecule has 1 aliphatic rings. The zero-order valence-electron chi connectivity index (χ0n) is 15.8. The Hall–Kier alpha value is -2.00. The van der Waals surface area contributed by atoms with Gasteiger partial charge in [-0.1, -0.05) is 13.3 Å². The molecule has 1 saturated heterocycles. The second-order valence-corrected chi connectivity index (χ2v) is 6.96. The molecule has 0 unspecified atom stereocenters. The van der Waals surface area contributed by atoms with E-state index < -0.39 is 34.3 Å². The molecule has 0 bridgehead atoms. The Labute approximate surface area is 163 Å². The van der Waals surface area contributed by atoms with Crippen molar-refractivity contribution in [2.24, 2.45) is 0 Å². The van der Waals surface area contributed by atoms with Crippen LogP contribution in [0.5, 0.6) is 0 Å². The summed E-state index contributed by atoms with van der Waals surface area (Å²) in [6.45, 7) is 5.77. The predicted molar refractivity (Wildman–Crippen MR) is 95.8 cm³/mol. The molecule has 28 heavy (non-hydrogen) atoms. The molecular weight excluding hydrogens is 398 g/mol. The summed E-state index contributed by atoms with van der Waals surface area (Å²) in [6.07, 6.45) is 0.779. The maximum Gasteiger partial charge on any atom is 0.418 e. The SMILES string of the molecule is CCC[C@@H](C(=O)NNC(=O)CN1CCOCC1)N(CC)C(=O)NOS(=O)(=O)O. The van der Waals surface area contributed by atoms with Crippen molar-refractivity contribution in [1.29, 1.82) is 0 Å². The number of hydrazine groups is 1. The number of amides is 4. The third-order valence-corrected chi connectivity index (χ3v) is 4.17. The number of nitrogens with one attached hydrogen (secondary N) is 3. The smallest absolute Gasteiger partial charge is 0.379 e. The minimum atomic E-state index is -4.88. The molecule has 1 aliphatic heterocycles. The third-order valence-electron chi connectivity index (χ3n) is 3.87. The Morgan fingerprint density at radius 1 is 1.21 bits per heavy atom. The standard InChI is InChI=1S/C14H27N5O8S/c1-3-5-11(19(4-2)14(22)17-27-28(23,24)25)13(21)16-15-12(20)10-18-6-8-26-9-7-18/h11H,3-10H2,1-2H3,(H,15,20)(H,16,21)(H,17,22)(H,23,24,25)/t11-/m0/s1. The third kappa shape index (κ3) is 8.79. The first kappa shape index (κ1) is 24.0. The second-order valence-electron chi connectivity index (χ2n) is 5.93. The normalized spacial score (nSPS) is 16.1. The van der Waals surface area contributed by atoms with Gasteiger partial charge in [0.1, 0.15) is 6.04 Å². The van der Waals surface area contributed by atoms with E-state index in [1.807, 2.05) is 4.90 Å². The number of carbonyl (C=O) groups excluding carboxylic acids is 3. The topological polar surface area (TPSA) is 167 Å². The number of likely N-dealkylation sites (N-methyl/N-ethyl adjacent to an activating group) is 1. The van der Waals surface area contributed by atoms with Crippen LogP contribution in [-0.2, 0) is 29.0 Å². The first-order valence-corrected chi connectivity index (χ1v) is 10.2. The van der Waals surface area contributed by atoms with Crippen LogP contribution in [0, 0.1) is 0 Å². The fraction of sp³-hybridized carbons (Fsp3) is 0.786. The van der Waals surface area contributed by atoms with E-state index in [4.69, 9.17) is 9.29 Å². The molecule has 0 spiro atoms. The summed E-state index contributed by atoms with van der Waals surface area (Å²) in [7, 11) is -4.88. The molecule has 0 aromatic carbocycles. The second kappa shape index (κ2) is 11.8. The lowest BCUT2D eigenvalue weighted by atomic mass is 10.1. The van der Waals surface area contributed by atoms with Crippen LogP contribution in [0.15, 0.2) is 0 Å². The van der Waals surface area contributed by atoms with Crippen LogP contribution in [0.1, 0.15) is 26.7 Å². The van der Waals surface area contributed by atoms with Crippen LogP contribution < -0.4 is 16.3 Å². The van der Waals surface area contributed by atoms with Gasteiger partial charge in [0.25, 0.3) is 11.8 Å². The zero-order chi connectivity index (χ0) is 21.2. The van der Waals surface area contributed by atoms with E-state index in [0.717, 1.165) is 4.90 Å². The number of ether oxygens (including phenoxy) is 1. The van der Waals surface area contributed by atoms with E-state index in [-0.39, 0.29) is 19.5 Å². The van der Waals surface area contributed by atoms with Gasteiger partial charge in [0.15, 0.2) is 0 Å². The molecule has 4 amide bonds. The molecule has 1 fully saturated rings. The number of rotatable bonds is 9. The van der Waals surface area contributed by atoms with Crippen molar-refractivity contribution in [3.63, 3.8) is 0 Å². The van der Waals surface area contributed by atoms with Crippen molar-refractivity contribution in [2.75, 3.05) is 39.4 Å². The Morgan fingerprint density at radius 2 is 1.86 bits per heavy atom. The predicted octanol–water partition coefficient (Wildman–Crippen LogP) is -1.60. The fourth-order valence-electron chi connectivity index (χ4n) is 2.57. The van der Waals surface area contributed by atoms with Gasteiger partial charge in [-0.05, 0) is 13.3 Å². The van der Waals surface area contributed by atoms with Crippen molar-refractivity contribution in [3.05, 3.63) is 0 Å². The van der Waals surface area contributed by atoms with Gasteiger partial charge in [0, 0.05) is 19.6 Å². The monoisotopic (exact) mass is 425 g/mol. The van der Waals surface area contributed by atoms with Gasteiger partial charge in [-0.2, -0.15) is 13.9 Å². The van der Waals surface area contributed by atoms with E-state index in [9.17, 15) is 22.8 Å². The number of hydrogen-bond donors (Lipinski definition) is 4. The lowest BCUT2D eigenvalue weighted by Gasteiger charge is -2.29. The Bertz CT molecular complexity index is 638. The Morgan fingerprint density at radius 3 is 2.39 bits per heavy atom. The molecule has 14 heteroatoms. The minimum absolute atomic E-state index is 0.0421. The summed E-state index contributed by atoms with van der Waals surface area (Å²) >= 11 is 0. The zero-order valence-corrected chi connectivity index (χ0v) is 16.7. The molecule has 0 saturated carbocycles. The van der Waals surface area contributed by atoms with E-state index >= 15 is 0 Å². The van der Waals surface area contributed by atoms with Crippen LogP contribution in [-0.4, -0.2) is 86.1 Å². The van der Waals surface area contributed by atoms with Gasteiger partial charge in [-0.15, -0.1) is 4.28 Å². The van der Waals surface area contributed by atoms with Crippen LogP contribution in [0.2, 0.25) is 0 Å². The average Bonchev–Trinajstić information content (AvgIpc) is 2.64. The van der Waals surface area contributed by atoms with Crippen molar-refractivity contribution in [2.45, 2.75) is 32.7 Å². The van der Waals surface area contributed by atoms with Crippen molar-refractivity contribution >= 4 is 28.2 Å². The summed E-state index contributed by atoms with van der Waals surface area (Å²) in [5.41, 5.74) is 6.12. The number of morpholine rings is 1. The molecular formula is C14H27N5O8S. The minimum Gasteiger partial charge on any atom is -0.379 e. The van der Waals surface area contributed by atoms with Crippen molar-refractivity contribution in [1.82, 2.24) is 26.1 Å². The average molecular weight is 425 g/mol. The van der Waals surface area contributed by atoms with Gasteiger partial charge >= 0.3 is 16.4 Å². The molecule has 4 N–H and O–H groups in total. The Balaban J connectivity index is 2.61. The summed E-state index contributed by atoms with van der Waals surface area (Å²) in [4.78, 5) is 39.4. The van der Waals surface area contributed by atoms with Crippen molar-refractivity contribution < 1.29 is 36.4 Å². The number of hydroxylamine groups is 1. The fourth-order valence-corrected chi connectivity index (χ4v) is 2.75. The van der Waals surface area contributed by atoms with Crippen LogP contribution in [0.3, 0.4) is 0 Å². The summed E-state index contributed by atoms with van der Waals surface area (Å²) in [5.74, 6) is -1.08. The maximum absolute atomic E-state index is 12.4. The highest BCUT2D eigenvalue weighted by Gasteiger charge is 2.29. The maximum atomic E-state index is 12.4. The molecule has 0 aromatic heterocycles. The summed E-state index contributed by atoms with van der Waals surface area (Å²) < 4.78 is 38.7. The molecule has 0 radical (unpaired) electrons. The number of hydrogen-bond acceptors (Lipinski definition) is 8. The highest BCUT2D eigenvalue weighted by Crippen LogP contribution is 2.08. The highest BCUT2D eigenvalue weighted by molar-refractivity contribution is 7.80. The van der Waals surface area contributed by atoms with E-state index in [1.54, 1.807) is 19.3 Å². The van der Waals surface area contributed by atoms with Gasteiger partial charge in [0.2, 0.25) is 0 Å². The van der Waals surface area contributed by atoms with Crippen molar-refractivity contribution in [3.8, 4) is 0 Å². The number of carbonyl (C=O) groups is 3. The molecule has 1 atom stereocenters. The quantitative estimate of drug-likeness (QED) is 0.251. The van der Waals surface area contributed by atoms with Crippen LogP contribution in [0.25, 0.3) is 0 Å². The van der Waals surface area contributed by atoms with Crippen LogP contribution >= 0.6 is 0 Å². The Kier molecular flexibility index (Phi) is 10.1. The van der Waals surface area contributed by atoms with Gasteiger partial charge in [-0.25, -0.2) is 4.79 Å². The molecule has 162 valence electrons. The lowest BCUT2D eigenvalue weighted by molar-refractivity contribution is -0.132. The van der Waals surface area contributed by atoms with Crippen LogP contribution in [0.4, 0.5) is 4.79 Å². The molecule has 1 heterocycles. The molecule has 1 rings (SSSR count). The van der Waals surface area contributed by atoms with E-state index in [2.05, 4.69) is 15.1 Å².